The number of halogens is 1. The minimum Gasteiger partial charge on any atom is -0.369 e. The van der Waals surface area contributed by atoms with E-state index in [0.717, 1.165) is 44.2 Å². The SMILES string of the molecule is Cc1cccc(N2CCN(Cc3csc(Cc4ccc(Cl)cc4)n3)CC2)c1. The molecule has 2 heterocycles. The third kappa shape index (κ3) is 4.89. The van der Waals surface area contributed by atoms with Crippen LogP contribution >= 0.6 is 22.9 Å². The molecule has 4 rings (SSSR count). The average molecular weight is 398 g/mol. The van der Waals surface area contributed by atoms with E-state index in [4.69, 9.17) is 16.6 Å². The molecule has 1 aliphatic rings. The van der Waals surface area contributed by atoms with Crippen LogP contribution in [0.15, 0.2) is 53.9 Å². The van der Waals surface area contributed by atoms with Gasteiger partial charge in [-0.25, -0.2) is 4.98 Å². The smallest absolute Gasteiger partial charge is 0.0972 e. The molecule has 3 aromatic rings. The summed E-state index contributed by atoms with van der Waals surface area (Å²) < 4.78 is 0. The number of anilines is 1. The molecular weight excluding hydrogens is 374 g/mol. The number of hydrogen-bond donors (Lipinski definition) is 0. The van der Waals surface area contributed by atoms with Crippen molar-refractivity contribution in [2.75, 3.05) is 31.1 Å². The van der Waals surface area contributed by atoms with Crippen LogP contribution in [0.1, 0.15) is 21.8 Å². The van der Waals surface area contributed by atoms with Gasteiger partial charge in [0.1, 0.15) is 0 Å². The Hall–Kier alpha value is -1.88. The maximum Gasteiger partial charge on any atom is 0.0972 e. The Morgan fingerprint density at radius 3 is 2.56 bits per heavy atom. The van der Waals surface area contributed by atoms with E-state index in [1.54, 1.807) is 11.3 Å². The van der Waals surface area contributed by atoms with Crippen LogP contribution in [0.4, 0.5) is 5.69 Å². The summed E-state index contributed by atoms with van der Waals surface area (Å²) in [6, 6.07) is 16.8. The maximum atomic E-state index is 5.96. The quantitative estimate of drug-likeness (QED) is 0.602. The zero-order valence-electron chi connectivity index (χ0n) is 15.6. The summed E-state index contributed by atoms with van der Waals surface area (Å²) in [5.74, 6) is 0. The number of hydrogen-bond acceptors (Lipinski definition) is 4. The van der Waals surface area contributed by atoms with Gasteiger partial charge in [-0.15, -0.1) is 11.3 Å². The highest BCUT2D eigenvalue weighted by Crippen LogP contribution is 2.20. The number of aryl methyl sites for hydroxylation is 1. The Balaban J connectivity index is 1.30. The van der Waals surface area contributed by atoms with Crippen LogP contribution in [0.5, 0.6) is 0 Å². The predicted octanol–water partition coefficient (Wildman–Crippen LogP) is 5.02. The first kappa shape index (κ1) is 18.5. The fourth-order valence-electron chi connectivity index (χ4n) is 3.50. The normalized spacial score (nSPS) is 15.3. The highest BCUT2D eigenvalue weighted by molar-refractivity contribution is 7.09. The van der Waals surface area contributed by atoms with E-state index in [-0.39, 0.29) is 0 Å². The van der Waals surface area contributed by atoms with Gasteiger partial charge in [0.15, 0.2) is 0 Å². The van der Waals surface area contributed by atoms with Crippen molar-refractivity contribution < 1.29 is 0 Å². The van der Waals surface area contributed by atoms with E-state index < -0.39 is 0 Å². The molecule has 0 saturated carbocycles. The number of nitrogens with zero attached hydrogens (tertiary/aromatic N) is 3. The summed E-state index contributed by atoms with van der Waals surface area (Å²) in [5, 5.41) is 4.16. The highest BCUT2D eigenvalue weighted by Gasteiger charge is 2.18. The molecular formula is C22H24ClN3S. The van der Waals surface area contributed by atoms with E-state index in [1.807, 2.05) is 12.1 Å². The van der Waals surface area contributed by atoms with E-state index >= 15 is 0 Å². The average Bonchev–Trinajstić information content (AvgIpc) is 3.11. The lowest BCUT2D eigenvalue weighted by Gasteiger charge is -2.35. The first-order chi connectivity index (χ1) is 13.2. The lowest BCUT2D eigenvalue weighted by atomic mass is 10.2. The molecule has 0 atom stereocenters. The monoisotopic (exact) mass is 397 g/mol. The third-order valence-corrected chi connectivity index (χ3v) is 6.14. The van der Waals surface area contributed by atoms with Gasteiger partial charge in [0.2, 0.25) is 0 Å². The third-order valence-electron chi connectivity index (χ3n) is 4.99. The fraction of sp³-hybridized carbons (Fsp3) is 0.318. The summed E-state index contributed by atoms with van der Waals surface area (Å²) >= 11 is 7.72. The molecule has 1 saturated heterocycles. The second-order valence-corrected chi connectivity index (χ2v) is 8.52. The number of benzene rings is 2. The van der Waals surface area contributed by atoms with Crippen LogP contribution in [0.2, 0.25) is 5.02 Å². The van der Waals surface area contributed by atoms with Gasteiger partial charge in [0.25, 0.3) is 0 Å². The van der Waals surface area contributed by atoms with Gasteiger partial charge in [-0.2, -0.15) is 0 Å². The van der Waals surface area contributed by atoms with Crippen molar-refractivity contribution in [1.82, 2.24) is 9.88 Å². The second kappa shape index (κ2) is 8.42. The van der Waals surface area contributed by atoms with Gasteiger partial charge < -0.3 is 4.90 Å². The molecule has 140 valence electrons. The first-order valence-corrected chi connectivity index (χ1v) is 10.6. The largest absolute Gasteiger partial charge is 0.369 e. The van der Waals surface area contributed by atoms with Gasteiger partial charge in [-0.1, -0.05) is 35.9 Å². The van der Waals surface area contributed by atoms with Crippen molar-refractivity contribution in [2.45, 2.75) is 19.9 Å². The molecule has 0 aliphatic carbocycles. The van der Waals surface area contributed by atoms with E-state index in [1.165, 1.54) is 27.5 Å². The van der Waals surface area contributed by atoms with Crippen LogP contribution in [0, 0.1) is 6.92 Å². The topological polar surface area (TPSA) is 19.4 Å². The summed E-state index contributed by atoms with van der Waals surface area (Å²) in [6.45, 7) is 7.41. The summed E-state index contributed by atoms with van der Waals surface area (Å²) in [5.41, 5.74) is 5.11. The minimum atomic E-state index is 0.781. The molecule has 3 nitrogen and oxygen atoms in total. The molecule has 0 spiro atoms. The number of aromatic nitrogens is 1. The van der Waals surface area contributed by atoms with Gasteiger partial charge >= 0.3 is 0 Å². The van der Waals surface area contributed by atoms with Crippen molar-refractivity contribution in [1.29, 1.82) is 0 Å². The standard InChI is InChI=1S/C22H24ClN3S/c1-17-3-2-4-21(13-17)26-11-9-25(10-12-26)15-20-16-27-22(24-20)14-18-5-7-19(23)8-6-18/h2-8,13,16H,9-12,14-15H2,1H3. The van der Waals surface area contributed by atoms with Crippen molar-refractivity contribution in [3.8, 4) is 0 Å². The summed E-state index contributed by atoms with van der Waals surface area (Å²) in [6.07, 6.45) is 0.878. The molecule has 0 N–H and O–H groups in total. The van der Waals surface area contributed by atoms with Crippen LogP contribution in [-0.4, -0.2) is 36.1 Å². The highest BCUT2D eigenvalue weighted by atomic mass is 35.5. The zero-order valence-corrected chi connectivity index (χ0v) is 17.1. The number of piperazine rings is 1. The van der Waals surface area contributed by atoms with Crippen LogP contribution in [-0.2, 0) is 13.0 Å². The Morgan fingerprint density at radius 1 is 1.04 bits per heavy atom. The summed E-state index contributed by atoms with van der Waals surface area (Å²) in [7, 11) is 0. The predicted molar refractivity (Wildman–Crippen MR) is 115 cm³/mol. The van der Waals surface area contributed by atoms with E-state index in [0.29, 0.717) is 0 Å². The van der Waals surface area contributed by atoms with Gasteiger partial charge in [0.05, 0.1) is 10.7 Å². The van der Waals surface area contributed by atoms with Crippen molar-refractivity contribution >= 4 is 28.6 Å². The number of thiazole rings is 1. The molecule has 0 amide bonds. The molecule has 5 heteroatoms. The van der Waals surface area contributed by atoms with Gasteiger partial charge in [-0.05, 0) is 42.3 Å². The van der Waals surface area contributed by atoms with Crippen molar-refractivity contribution in [3.05, 3.63) is 80.8 Å². The molecule has 1 fully saturated rings. The van der Waals surface area contributed by atoms with Crippen LogP contribution in [0.25, 0.3) is 0 Å². The zero-order chi connectivity index (χ0) is 18.6. The van der Waals surface area contributed by atoms with Crippen LogP contribution in [0.3, 0.4) is 0 Å². The van der Waals surface area contributed by atoms with Crippen molar-refractivity contribution in [3.63, 3.8) is 0 Å². The van der Waals surface area contributed by atoms with Gasteiger partial charge in [-0.3, -0.25) is 4.90 Å². The summed E-state index contributed by atoms with van der Waals surface area (Å²) in [4.78, 5) is 9.83. The second-order valence-electron chi connectivity index (χ2n) is 7.14. The number of rotatable bonds is 5. The van der Waals surface area contributed by atoms with Gasteiger partial charge in [0, 0.05) is 55.2 Å². The van der Waals surface area contributed by atoms with Crippen molar-refractivity contribution in [2.24, 2.45) is 0 Å². The molecule has 0 unspecified atom stereocenters. The molecule has 1 aliphatic heterocycles. The molecule has 2 aromatic carbocycles. The van der Waals surface area contributed by atoms with Crippen LogP contribution < -0.4 is 4.90 Å². The molecule has 0 bridgehead atoms. The molecule has 1 aromatic heterocycles. The van der Waals surface area contributed by atoms with E-state index in [2.05, 4.69) is 58.5 Å². The lowest BCUT2D eigenvalue weighted by molar-refractivity contribution is 0.247. The fourth-order valence-corrected chi connectivity index (χ4v) is 4.44. The Labute approximate surface area is 170 Å². The minimum absolute atomic E-state index is 0.781. The Bertz CT molecular complexity index is 883. The first-order valence-electron chi connectivity index (χ1n) is 9.37. The molecule has 27 heavy (non-hydrogen) atoms. The maximum absolute atomic E-state index is 5.96. The Morgan fingerprint density at radius 2 is 1.81 bits per heavy atom. The Kier molecular flexibility index (Phi) is 5.77. The molecule has 0 radical (unpaired) electrons. The lowest BCUT2D eigenvalue weighted by Crippen LogP contribution is -2.46. The van der Waals surface area contributed by atoms with E-state index in [9.17, 15) is 0 Å².